The zero-order chi connectivity index (χ0) is 14.0. The maximum atomic E-state index is 11.8. The molecule has 0 fully saturated rings. The van der Waals surface area contributed by atoms with E-state index in [1.165, 1.54) is 7.11 Å². The number of methoxy groups -OCH3 is 1. The van der Waals surface area contributed by atoms with E-state index in [0.29, 0.717) is 0 Å². The molecule has 1 aliphatic rings. The van der Waals surface area contributed by atoms with E-state index in [0.717, 1.165) is 36.3 Å². The molecule has 1 aromatic rings. The number of carbonyl (C=O) groups excluding carboxylic acids is 1. The van der Waals surface area contributed by atoms with E-state index in [9.17, 15) is 4.79 Å². The molecule has 0 aromatic carbocycles. The zero-order valence-electron chi connectivity index (χ0n) is 12.1. The molecule has 1 atom stereocenters. The first-order valence-electron chi connectivity index (χ1n) is 6.76. The van der Waals surface area contributed by atoms with Gasteiger partial charge in [0.1, 0.15) is 5.82 Å². The third kappa shape index (κ3) is 3.25. The molecule has 2 rings (SSSR count). The molecule has 0 unspecified atom stereocenters. The standard InChI is InChI=1S/C15H22N2O2/c1-15(2,3)17-13-9-8-10-11(14(18)19-4)6-5-7-12(10)16-13/h8-9,11H,5-7H2,1-4H3,(H,16,17)/t11-/m1/s1. The Bertz CT molecular complexity index is 478. The van der Waals surface area contributed by atoms with Crippen LogP contribution in [-0.2, 0) is 16.0 Å². The van der Waals surface area contributed by atoms with Crippen molar-refractivity contribution in [3.05, 3.63) is 23.4 Å². The molecule has 0 radical (unpaired) electrons. The minimum absolute atomic E-state index is 0.0162. The normalized spacial score (nSPS) is 18.6. The first-order valence-corrected chi connectivity index (χ1v) is 6.76. The van der Waals surface area contributed by atoms with Crippen LogP contribution in [0, 0.1) is 0 Å². The van der Waals surface area contributed by atoms with Gasteiger partial charge in [-0.1, -0.05) is 6.07 Å². The van der Waals surface area contributed by atoms with Crippen molar-refractivity contribution in [1.82, 2.24) is 4.98 Å². The van der Waals surface area contributed by atoms with Crippen molar-refractivity contribution in [3.63, 3.8) is 0 Å². The lowest BCUT2D eigenvalue weighted by molar-refractivity contribution is -0.142. The van der Waals surface area contributed by atoms with Gasteiger partial charge in [-0.2, -0.15) is 0 Å². The summed E-state index contributed by atoms with van der Waals surface area (Å²) < 4.78 is 4.88. The van der Waals surface area contributed by atoms with Gasteiger partial charge in [0.15, 0.2) is 0 Å². The molecular formula is C15H22N2O2. The summed E-state index contributed by atoms with van der Waals surface area (Å²) in [5.41, 5.74) is 2.03. The minimum atomic E-state index is -0.153. The summed E-state index contributed by atoms with van der Waals surface area (Å²) in [6.45, 7) is 6.31. The SMILES string of the molecule is COC(=O)[C@@H]1CCCc2nc(NC(C)(C)C)ccc21. The van der Waals surface area contributed by atoms with Crippen LogP contribution in [0.15, 0.2) is 12.1 Å². The Morgan fingerprint density at radius 2 is 2.16 bits per heavy atom. The first kappa shape index (κ1) is 13.8. The number of nitrogens with zero attached hydrogens (tertiary/aromatic N) is 1. The number of anilines is 1. The van der Waals surface area contributed by atoms with Crippen LogP contribution in [0.25, 0.3) is 0 Å². The number of rotatable bonds is 2. The fourth-order valence-electron chi connectivity index (χ4n) is 2.50. The van der Waals surface area contributed by atoms with Crippen molar-refractivity contribution in [2.45, 2.75) is 51.5 Å². The number of ether oxygens (including phenoxy) is 1. The molecule has 1 heterocycles. The van der Waals surface area contributed by atoms with Crippen molar-refractivity contribution in [2.24, 2.45) is 0 Å². The molecule has 1 aliphatic carbocycles. The number of aromatic nitrogens is 1. The number of hydrogen-bond donors (Lipinski definition) is 1. The van der Waals surface area contributed by atoms with Gasteiger partial charge in [0.2, 0.25) is 0 Å². The smallest absolute Gasteiger partial charge is 0.313 e. The maximum absolute atomic E-state index is 11.8. The topological polar surface area (TPSA) is 51.2 Å². The molecule has 4 nitrogen and oxygen atoms in total. The Morgan fingerprint density at radius 1 is 1.42 bits per heavy atom. The van der Waals surface area contributed by atoms with Gasteiger partial charge >= 0.3 is 5.97 Å². The average Bonchev–Trinajstić information content (AvgIpc) is 2.35. The van der Waals surface area contributed by atoms with Crippen molar-refractivity contribution in [2.75, 3.05) is 12.4 Å². The zero-order valence-corrected chi connectivity index (χ0v) is 12.1. The van der Waals surface area contributed by atoms with Gasteiger partial charge < -0.3 is 10.1 Å². The van der Waals surface area contributed by atoms with E-state index in [2.05, 4.69) is 31.1 Å². The Kier molecular flexibility index (Phi) is 3.78. The first-order chi connectivity index (χ1) is 8.90. The summed E-state index contributed by atoms with van der Waals surface area (Å²) in [6, 6.07) is 3.96. The van der Waals surface area contributed by atoms with Crippen LogP contribution in [0.4, 0.5) is 5.82 Å². The van der Waals surface area contributed by atoms with Crippen LogP contribution in [0.3, 0.4) is 0 Å². The van der Waals surface area contributed by atoms with Crippen LogP contribution in [0.1, 0.15) is 50.8 Å². The Hall–Kier alpha value is -1.58. The average molecular weight is 262 g/mol. The minimum Gasteiger partial charge on any atom is -0.469 e. The van der Waals surface area contributed by atoms with Crippen molar-refractivity contribution in [1.29, 1.82) is 0 Å². The Labute approximate surface area is 114 Å². The number of pyridine rings is 1. The van der Waals surface area contributed by atoms with Gasteiger partial charge in [0.25, 0.3) is 0 Å². The lowest BCUT2D eigenvalue weighted by Crippen LogP contribution is -2.27. The molecule has 0 saturated heterocycles. The van der Waals surface area contributed by atoms with Crippen LogP contribution < -0.4 is 5.32 Å². The van der Waals surface area contributed by atoms with Crippen LogP contribution in [0.2, 0.25) is 0 Å². The molecule has 0 bridgehead atoms. The molecule has 1 aromatic heterocycles. The largest absolute Gasteiger partial charge is 0.469 e. The van der Waals surface area contributed by atoms with Crippen molar-refractivity contribution >= 4 is 11.8 Å². The monoisotopic (exact) mass is 262 g/mol. The van der Waals surface area contributed by atoms with E-state index >= 15 is 0 Å². The second-order valence-corrected chi connectivity index (χ2v) is 6.08. The number of aryl methyl sites for hydroxylation is 1. The molecule has 0 spiro atoms. The highest BCUT2D eigenvalue weighted by atomic mass is 16.5. The fourth-order valence-corrected chi connectivity index (χ4v) is 2.50. The fraction of sp³-hybridized carbons (Fsp3) is 0.600. The highest BCUT2D eigenvalue weighted by Crippen LogP contribution is 2.32. The van der Waals surface area contributed by atoms with Crippen LogP contribution >= 0.6 is 0 Å². The van der Waals surface area contributed by atoms with Gasteiger partial charge in [0, 0.05) is 11.2 Å². The van der Waals surface area contributed by atoms with Gasteiger partial charge in [-0.15, -0.1) is 0 Å². The van der Waals surface area contributed by atoms with E-state index < -0.39 is 0 Å². The van der Waals surface area contributed by atoms with E-state index in [1.54, 1.807) is 0 Å². The van der Waals surface area contributed by atoms with Gasteiger partial charge in [-0.25, -0.2) is 4.98 Å². The number of nitrogens with one attached hydrogen (secondary N) is 1. The van der Waals surface area contributed by atoms with Gasteiger partial charge in [-0.3, -0.25) is 4.79 Å². The Morgan fingerprint density at radius 3 is 2.79 bits per heavy atom. The predicted molar refractivity (Wildman–Crippen MR) is 75.3 cm³/mol. The highest BCUT2D eigenvalue weighted by molar-refractivity contribution is 5.78. The second kappa shape index (κ2) is 5.19. The van der Waals surface area contributed by atoms with Gasteiger partial charge in [-0.05, 0) is 51.7 Å². The molecule has 0 aliphatic heterocycles. The molecule has 0 saturated carbocycles. The number of esters is 1. The number of fused-ring (bicyclic) bond motifs is 1. The highest BCUT2D eigenvalue weighted by Gasteiger charge is 2.28. The van der Waals surface area contributed by atoms with E-state index in [1.807, 2.05) is 12.1 Å². The summed E-state index contributed by atoms with van der Waals surface area (Å²) in [6.07, 6.45) is 2.77. The van der Waals surface area contributed by atoms with Crippen LogP contribution in [0.5, 0.6) is 0 Å². The predicted octanol–water partition coefficient (Wildman–Crippen LogP) is 2.88. The van der Waals surface area contributed by atoms with E-state index in [-0.39, 0.29) is 17.4 Å². The third-order valence-electron chi connectivity index (χ3n) is 3.28. The molecule has 1 N–H and O–H groups in total. The van der Waals surface area contributed by atoms with Gasteiger partial charge in [0.05, 0.1) is 13.0 Å². The second-order valence-electron chi connectivity index (χ2n) is 6.08. The summed E-state index contributed by atoms with van der Waals surface area (Å²) in [7, 11) is 1.44. The molecular weight excluding hydrogens is 240 g/mol. The summed E-state index contributed by atoms with van der Waals surface area (Å²) in [4.78, 5) is 16.4. The number of hydrogen-bond acceptors (Lipinski definition) is 4. The summed E-state index contributed by atoms with van der Waals surface area (Å²) in [5, 5.41) is 3.36. The lowest BCUT2D eigenvalue weighted by Gasteiger charge is -2.26. The summed E-state index contributed by atoms with van der Waals surface area (Å²) in [5.74, 6) is 0.570. The molecule has 19 heavy (non-hydrogen) atoms. The molecule has 0 amide bonds. The molecule has 104 valence electrons. The van der Waals surface area contributed by atoms with Crippen molar-refractivity contribution in [3.8, 4) is 0 Å². The lowest BCUT2D eigenvalue weighted by atomic mass is 9.85. The Balaban J connectivity index is 2.28. The van der Waals surface area contributed by atoms with Crippen LogP contribution in [-0.4, -0.2) is 23.6 Å². The third-order valence-corrected chi connectivity index (χ3v) is 3.28. The molecule has 4 heteroatoms. The summed E-state index contributed by atoms with van der Waals surface area (Å²) >= 11 is 0. The van der Waals surface area contributed by atoms with Crippen molar-refractivity contribution < 1.29 is 9.53 Å². The maximum Gasteiger partial charge on any atom is 0.313 e. The number of carbonyl (C=O) groups is 1. The quantitative estimate of drug-likeness (QED) is 0.833. The van der Waals surface area contributed by atoms with E-state index in [4.69, 9.17) is 4.74 Å².